The van der Waals surface area contributed by atoms with Crippen molar-refractivity contribution in [1.29, 1.82) is 0 Å². The molecule has 0 spiro atoms. The van der Waals surface area contributed by atoms with Gasteiger partial charge in [-0.2, -0.15) is 0 Å². The summed E-state index contributed by atoms with van der Waals surface area (Å²) in [6.07, 6.45) is 1.47. The van der Waals surface area contributed by atoms with Crippen LogP contribution in [0.15, 0.2) is 36.7 Å². The molecule has 0 atom stereocenters. The first-order chi connectivity index (χ1) is 7.81. The largest absolute Gasteiger partial charge is 0.393 e. The van der Waals surface area contributed by atoms with Gasteiger partial charge in [-0.1, -0.05) is 18.2 Å². The van der Waals surface area contributed by atoms with Crippen molar-refractivity contribution in [3.63, 3.8) is 0 Å². The highest BCUT2D eigenvalue weighted by molar-refractivity contribution is 5.77. The summed E-state index contributed by atoms with van der Waals surface area (Å²) in [5, 5.41) is 6.04. The highest BCUT2D eigenvalue weighted by Gasteiger charge is 2.05. The fourth-order valence-electron chi connectivity index (χ4n) is 1.35. The van der Waals surface area contributed by atoms with Gasteiger partial charge in [0.1, 0.15) is 12.0 Å². The molecule has 0 fully saturated rings. The molecule has 0 aliphatic rings. The van der Waals surface area contributed by atoms with Crippen LogP contribution in [-0.4, -0.2) is 17.0 Å². The molecule has 5 nitrogen and oxygen atoms in total. The minimum Gasteiger partial charge on any atom is -0.393 e. The molecule has 0 amide bonds. The normalized spacial score (nSPS) is 9.81. The number of nitrogens with zero attached hydrogens (tertiary/aromatic N) is 2. The number of benzene rings is 1. The summed E-state index contributed by atoms with van der Waals surface area (Å²) in [6.45, 7) is 0. The maximum atomic E-state index is 5.89. The minimum atomic E-state index is 0.508. The molecule has 0 aliphatic carbocycles. The van der Waals surface area contributed by atoms with Gasteiger partial charge in [-0.25, -0.2) is 9.97 Å². The van der Waals surface area contributed by atoms with E-state index in [2.05, 4.69) is 20.6 Å². The Morgan fingerprint density at radius 3 is 2.44 bits per heavy atom. The molecule has 2 rings (SSSR count). The van der Waals surface area contributed by atoms with E-state index in [1.54, 1.807) is 7.05 Å². The maximum Gasteiger partial charge on any atom is 0.159 e. The van der Waals surface area contributed by atoms with E-state index < -0.39 is 0 Å². The van der Waals surface area contributed by atoms with Crippen molar-refractivity contribution in [2.75, 3.05) is 23.4 Å². The lowest BCUT2D eigenvalue weighted by atomic mass is 10.3. The van der Waals surface area contributed by atoms with Gasteiger partial charge in [0.05, 0.1) is 0 Å². The molecule has 0 saturated heterocycles. The van der Waals surface area contributed by atoms with Crippen molar-refractivity contribution in [3.8, 4) is 0 Å². The van der Waals surface area contributed by atoms with Crippen LogP contribution in [0.5, 0.6) is 0 Å². The molecule has 0 aliphatic heterocycles. The fourth-order valence-corrected chi connectivity index (χ4v) is 1.35. The average Bonchev–Trinajstić information content (AvgIpc) is 2.33. The number of nitrogens with two attached hydrogens (primary N) is 1. The first-order valence-corrected chi connectivity index (χ1v) is 4.91. The highest BCUT2D eigenvalue weighted by Crippen LogP contribution is 2.24. The standard InChI is InChI=1S/C11H13N5/c1-13-10-9(12)11(15-7-14-10)16-8-5-3-2-4-6-8/h2-7H,12H2,1H3,(H2,13,14,15,16). The Morgan fingerprint density at radius 2 is 1.75 bits per heavy atom. The van der Waals surface area contributed by atoms with Crippen molar-refractivity contribution < 1.29 is 0 Å². The number of anilines is 4. The number of hydrogen-bond donors (Lipinski definition) is 3. The van der Waals surface area contributed by atoms with Crippen LogP contribution in [0.1, 0.15) is 0 Å². The Bertz CT molecular complexity index is 469. The van der Waals surface area contributed by atoms with E-state index in [4.69, 9.17) is 5.73 Å². The molecule has 0 bridgehead atoms. The van der Waals surface area contributed by atoms with Gasteiger partial charge in [-0.05, 0) is 12.1 Å². The van der Waals surface area contributed by atoms with E-state index in [0.29, 0.717) is 17.3 Å². The van der Waals surface area contributed by atoms with Gasteiger partial charge in [-0.3, -0.25) is 0 Å². The third-order valence-corrected chi connectivity index (χ3v) is 2.16. The predicted octanol–water partition coefficient (Wildman–Crippen LogP) is 1.84. The third-order valence-electron chi connectivity index (χ3n) is 2.16. The monoisotopic (exact) mass is 215 g/mol. The molecule has 82 valence electrons. The Hall–Kier alpha value is -2.30. The van der Waals surface area contributed by atoms with E-state index in [1.807, 2.05) is 30.3 Å². The van der Waals surface area contributed by atoms with Crippen LogP contribution in [0.25, 0.3) is 0 Å². The molecule has 0 saturated carbocycles. The van der Waals surface area contributed by atoms with Crippen molar-refractivity contribution in [1.82, 2.24) is 9.97 Å². The van der Waals surface area contributed by atoms with Gasteiger partial charge < -0.3 is 16.4 Å². The zero-order valence-electron chi connectivity index (χ0n) is 8.94. The third kappa shape index (κ3) is 2.03. The Labute approximate surface area is 93.7 Å². The topological polar surface area (TPSA) is 75.9 Å². The summed E-state index contributed by atoms with van der Waals surface area (Å²) in [7, 11) is 1.77. The molecule has 2 aromatic rings. The van der Waals surface area contributed by atoms with Crippen LogP contribution in [0, 0.1) is 0 Å². The summed E-state index contributed by atoms with van der Waals surface area (Å²) in [5.74, 6) is 1.22. The summed E-state index contributed by atoms with van der Waals surface area (Å²) >= 11 is 0. The molecular formula is C11H13N5. The van der Waals surface area contributed by atoms with Gasteiger partial charge in [-0.15, -0.1) is 0 Å². The van der Waals surface area contributed by atoms with Gasteiger partial charge in [0, 0.05) is 12.7 Å². The van der Waals surface area contributed by atoms with Crippen LogP contribution in [-0.2, 0) is 0 Å². The maximum absolute atomic E-state index is 5.89. The number of hydrogen-bond acceptors (Lipinski definition) is 5. The van der Waals surface area contributed by atoms with Crippen LogP contribution in [0.3, 0.4) is 0 Å². The minimum absolute atomic E-state index is 0.508. The molecule has 0 unspecified atom stereocenters. The highest BCUT2D eigenvalue weighted by atomic mass is 15.1. The predicted molar refractivity (Wildman–Crippen MR) is 65.7 cm³/mol. The Morgan fingerprint density at radius 1 is 1.06 bits per heavy atom. The van der Waals surface area contributed by atoms with E-state index >= 15 is 0 Å². The van der Waals surface area contributed by atoms with E-state index in [1.165, 1.54) is 6.33 Å². The molecule has 1 aromatic carbocycles. The Kier molecular flexibility index (Phi) is 2.86. The van der Waals surface area contributed by atoms with Gasteiger partial charge in [0.15, 0.2) is 11.6 Å². The number of para-hydroxylation sites is 1. The van der Waals surface area contributed by atoms with Crippen molar-refractivity contribution >= 4 is 23.0 Å². The molecule has 5 heteroatoms. The lowest BCUT2D eigenvalue weighted by Crippen LogP contribution is -2.04. The van der Waals surface area contributed by atoms with Gasteiger partial charge >= 0.3 is 0 Å². The SMILES string of the molecule is CNc1ncnc(Nc2ccccc2)c1N. The fraction of sp³-hybridized carbons (Fsp3) is 0.0909. The molecule has 1 heterocycles. The van der Waals surface area contributed by atoms with E-state index in [0.717, 1.165) is 5.69 Å². The molecule has 0 radical (unpaired) electrons. The number of nitrogens with one attached hydrogen (secondary N) is 2. The number of nitrogen functional groups attached to an aromatic ring is 1. The van der Waals surface area contributed by atoms with Gasteiger partial charge in [0.2, 0.25) is 0 Å². The summed E-state index contributed by atoms with van der Waals surface area (Å²) in [5.41, 5.74) is 7.34. The summed E-state index contributed by atoms with van der Waals surface area (Å²) in [6, 6.07) is 9.73. The second kappa shape index (κ2) is 4.48. The van der Waals surface area contributed by atoms with Crippen LogP contribution in [0.4, 0.5) is 23.0 Å². The van der Waals surface area contributed by atoms with Crippen LogP contribution >= 0.6 is 0 Å². The molecule has 16 heavy (non-hydrogen) atoms. The smallest absolute Gasteiger partial charge is 0.159 e. The van der Waals surface area contributed by atoms with Crippen molar-refractivity contribution in [2.45, 2.75) is 0 Å². The Balaban J connectivity index is 2.28. The first-order valence-electron chi connectivity index (χ1n) is 4.91. The zero-order valence-corrected chi connectivity index (χ0v) is 8.94. The second-order valence-electron chi connectivity index (χ2n) is 3.23. The number of aromatic nitrogens is 2. The van der Waals surface area contributed by atoms with Crippen molar-refractivity contribution in [3.05, 3.63) is 36.7 Å². The first kappa shape index (κ1) is 10.2. The lowest BCUT2D eigenvalue weighted by Gasteiger charge is -2.10. The summed E-state index contributed by atoms with van der Waals surface area (Å²) in [4.78, 5) is 8.11. The lowest BCUT2D eigenvalue weighted by molar-refractivity contribution is 1.16. The molecule has 4 N–H and O–H groups in total. The van der Waals surface area contributed by atoms with Gasteiger partial charge in [0.25, 0.3) is 0 Å². The van der Waals surface area contributed by atoms with E-state index in [9.17, 15) is 0 Å². The van der Waals surface area contributed by atoms with E-state index in [-0.39, 0.29) is 0 Å². The number of rotatable bonds is 3. The average molecular weight is 215 g/mol. The quantitative estimate of drug-likeness (QED) is 0.728. The van der Waals surface area contributed by atoms with Crippen molar-refractivity contribution in [2.24, 2.45) is 0 Å². The second-order valence-corrected chi connectivity index (χ2v) is 3.23. The summed E-state index contributed by atoms with van der Waals surface area (Å²) < 4.78 is 0. The van der Waals surface area contributed by atoms with Crippen LogP contribution < -0.4 is 16.4 Å². The zero-order chi connectivity index (χ0) is 11.4. The molecular weight excluding hydrogens is 202 g/mol. The molecule has 1 aromatic heterocycles. The van der Waals surface area contributed by atoms with Crippen LogP contribution in [0.2, 0.25) is 0 Å².